The first-order valence-electron chi connectivity index (χ1n) is 4.40. The molecule has 5 heteroatoms. The molecule has 1 aromatic rings. The molecule has 1 amide bonds. The molecule has 5 nitrogen and oxygen atoms in total. The summed E-state index contributed by atoms with van der Waals surface area (Å²) in [6, 6.07) is -0.331. The molecular formula is C9H14N4O. The number of hydrogen-bond acceptors (Lipinski definition) is 4. The van der Waals surface area contributed by atoms with Crippen LogP contribution in [0, 0.1) is 6.92 Å². The summed E-state index contributed by atoms with van der Waals surface area (Å²) in [7, 11) is 1.59. The number of carbonyl (C=O) groups is 1. The minimum Gasteiger partial charge on any atom is -0.357 e. The van der Waals surface area contributed by atoms with Crippen LogP contribution >= 0.6 is 0 Å². The van der Waals surface area contributed by atoms with E-state index in [4.69, 9.17) is 0 Å². The van der Waals surface area contributed by atoms with Gasteiger partial charge in [0.1, 0.15) is 6.04 Å². The van der Waals surface area contributed by atoms with E-state index in [2.05, 4.69) is 20.6 Å². The summed E-state index contributed by atoms with van der Waals surface area (Å²) in [6.45, 7) is 3.66. The Balaban J connectivity index is 2.60. The molecule has 76 valence electrons. The monoisotopic (exact) mass is 194 g/mol. The van der Waals surface area contributed by atoms with Crippen molar-refractivity contribution >= 4 is 11.9 Å². The van der Waals surface area contributed by atoms with Crippen LogP contribution in [0.3, 0.4) is 0 Å². The molecule has 0 saturated carbocycles. The van der Waals surface area contributed by atoms with Gasteiger partial charge in [-0.15, -0.1) is 0 Å². The Bertz CT molecular complexity index is 309. The quantitative estimate of drug-likeness (QED) is 0.727. The molecule has 0 aromatic carbocycles. The molecule has 2 N–H and O–H groups in total. The fourth-order valence-electron chi connectivity index (χ4n) is 0.943. The van der Waals surface area contributed by atoms with Crippen LogP contribution in [-0.4, -0.2) is 29.0 Å². The van der Waals surface area contributed by atoms with Crippen LogP contribution in [0.25, 0.3) is 0 Å². The number of rotatable bonds is 3. The summed E-state index contributed by atoms with van der Waals surface area (Å²) in [5, 5.41) is 5.42. The van der Waals surface area contributed by atoms with E-state index in [1.54, 1.807) is 26.4 Å². The van der Waals surface area contributed by atoms with E-state index in [0.29, 0.717) is 5.95 Å². The molecule has 0 fully saturated rings. The molecule has 0 aliphatic rings. The third kappa shape index (κ3) is 2.69. The molecule has 0 unspecified atom stereocenters. The van der Waals surface area contributed by atoms with Gasteiger partial charge in [0, 0.05) is 19.4 Å². The molecule has 0 bridgehead atoms. The van der Waals surface area contributed by atoms with Gasteiger partial charge in [-0.05, 0) is 19.4 Å². The van der Waals surface area contributed by atoms with Crippen LogP contribution in [0.4, 0.5) is 5.95 Å². The van der Waals surface area contributed by atoms with Gasteiger partial charge in [0.25, 0.3) is 0 Å². The van der Waals surface area contributed by atoms with Crippen LogP contribution in [-0.2, 0) is 4.79 Å². The highest BCUT2D eigenvalue weighted by Gasteiger charge is 2.10. The highest BCUT2D eigenvalue weighted by Crippen LogP contribution is 2.00. The second-order valence-corrected chi connectivity index (χ2v) is 3.06. The Hall–Kier alpha value is -1.65. The summed E-state index contributed by atoms with van der Waals surface area (Å²) >= 11 is 0. The van der Waals surface area contributed by atoms with Gasteiger partial charge < -0.3 is 10.6 Å². The van der Waals surface area contributed by atoms with E-state index >= 15 is 0 Å². The van der Waals surface area contributed by atoms with Crippen molar-refractivity contribution in [3.8, 4) is 0 Å². The van der Waals surface area contributed by atoms with Crippen molar-refractivity contribution in [2.75, 3.05) is 12.4 Å². The molecule has 0 aliphatic heterocycles. The summed E-state index contributed by atoms with van der Waals surface area (Å²) in [5.74, 6) is 0.376. The topological polar surface area (TPSA) is 66.9 Å². The molecule has 14 heavy (non-hydrogen) atoms. The van der Waals surface area contributed by atoms with Gasteiger partial charge in [-0.3, -0.25) is 4.79 Å². The first-order chi connectivity index (χ1) is 6.63. The maximum absolute atomic E-state index is 11.2. The van der Waals surface area contributed by atoms with Gasteiger partial charge in [0.15, 0.2) is 0 Å². The standard InChI is InChI=1S/C9H14N4O/c1-6-4-11-9(12-5-6)13-7(2)8(14)10-3/h4-5,7H,1-3H3,(H,10,14)(H,11,12,13)/t7-/m0/s1. The van der Waals surface area contributed by atoms with E-state index in [9.17, 15) is 4.79 Å². The predicted molar refractivity (Wildman–Crippen MR) is 53.9 cm³/mol. The van der Waals surface area contributed by atoms with Crippen LogP contribution in [0.5, 0.6) is 0 Å². The van der Waals surface area contributed by atoms with Crippen molar-refractivity contribution in [1.29, 1.82) is 0 Å². The highest BCUT2D eigenvalue weighted by molar-refractivity contribution is 5.83. The average molecular weight is 194 g/mol. The maximum atomic E-state index is 11.2. The molecule has 0 aliphatic carbocycles. The predicted octanol–water partition coefficient (Wildman–Crippen LogP) is 0.331. The van der Waals surface area contributed by atoms with Crippen molar-refractivity contribution in [2.24, 2.45) is 0 Å². The third-order valence-corrected chi connectivity index (χ3v) is 1.77. The van der Waals surface area contributed by atoms with Crippen molar-refractivity contribution in [1.82, 2.24) is 15.3 Å². The van der Waals surface area contributed by atoms with Crippen molar-refractivity contribution in [3.63, 3.8) is 0 Å². The number of hydrogen-bond donors (Lipinski definition) is 2. The number of nitrogens with zero attached hydrogens (tertiary/aromatic N) is 2. The Morgan fingerprint density at radius 2 is 2.00 bits per heavy atom. The summed E-state index contributed by atoms with van der Waals surface area (Å²) < 4.78 is 0. The largest absolute Gasteiger partial charge is 0.357 e. The molecule has 0 radical (unpaired) electrons. The van der Waals surface area contributed by atoms with Gasteiger partial charge in [-0.2, -0.15) is 0 Å². The van der Waals surface area contributed by atoms with Gasteiger partial charge in [0.2, 0.25) is 11.9 Å². The molecule has 1 heterocycles. The summed E-state index contributed by atoms with van der Waals surface area (Å²) in [6.07, 6.45) is 3.40. The maximum Gasteiger partial charge on any atom is 0.242 e. The summed E-state index contributed by atoms with van der Waals surface area (Å²) in [4.78, 5) is 19.2. The van der Waals surface area contributed by atoms with Gasteiger partial charge in [0.05, 0.1) is 0 Å². The number of nitrogens with one attached hydrogen (secondary N) is 2. The molecule has 1 rings (SSSR count). The minimum atomic E-state index is -0.331. The second-order valence-electron chi connectivity index (χ2n) is 3.06. The zero-order valence-electron chi connectivity index (χ0n) is 8.53. The van der Waals surface area contributed by atoms with E-state index in [1.807, 2.05) is 6.92 Å². The lowest BCUT2D eigenvalue weighted by atomic mass is 10.3. The number of carbonyl (C=O) groups excluding carboxylic acids is 1. The van der Waals surface area contributed by atoms with Crippen LogP contribution in [0.2, 0.25) is 0 Å². The Kier molecular flexibility index (Phi) is 3.39. The van der Waals surface area contributed by atoms with Crippen molar-refractivity contribution in [2.45, 2.75) is 19.9 Å². The Morgan fingerprint density at radius 3 is 2.50 bits per heavy atom. The highest BCUT2D eigenvalue weighted by atomic mass is 16.2. The molecular weight excluding hydrogens is 180 g/mol. The lowest BCUT2D eigenvalue weighted by Crippen LogP contribution is -2.35. The number of anilines is 1. The van der Waals surface area contributed by atoms with E-state index in [0.717, 1.165) is 5.56 Å². The number of likely N-dealkylation sites (N-methyl/N-ethyl adjacent to an activating group) is 1. The fraction of sp³-hybridized carbons (Fsp3) is 0.444. The lowest BCUT2D eigenvalue weighted by Gasteiger charge is -2.11. The number of aromatic nitrogens is 2. The Labute approximate surface area is 83.0 Å². The van der Waals surface area contributed by atoms with Crippen LogP contribution < -0.4 is 10.6 Å². The molecule has 0 spiro atoms. The zero-order valence-corrected chi connectivity index (χ0v) is 8.53. The zero-order chi connectivity index (χ0) is 10.6. The van der Waals surface area contributed by atoms with Gasteiger partial charge in [-0.1, -0.05) is 0 Å². The average Bonchev–Trinajstić information content (AvgIpc) is 2.20. The van der Waals surface area contributed by atoms with Crippen molar-refractivity contribution in [3.05, 3.63) is 18.0 Å². The van der Waals surface area contributed by atoms with E-state index < -0.39 is 0 Å². The number of amides is 1. The summed E-state index contributed by atoms with van der Waals surface area (Å²) in [5.41, 5.74) is 0.989. The van der Waals surface area contributed by atoms with Crippen molar-refractivity contribution < 1.29 is 4.79 Å². The third-order valence-electron chi connectivity index (χ3n) is 1.77. The van der Waals surface area contributed by atoms with Gasteiger partial charge in [-0.25, -0.2) is 9.97 Å². The fourth-order valence-corrected chi connectivity index (χ4v) is 0.943. The number of aryl methyl sites for hydroxylation is 1. The van der Waals surface area contributed by atoms with E-state index in [1.165, 1.54) is 0 Å². The molecule has 0 saturated heterocycles. The first kappa shape index (κ1) is 10.4. The molecule has 1 atom stereocenters. The second kappa shape index (κ2) is 4.55. The minimum absolute atomic E-state index is 0.0887. The lowest BCUT2D eigenvalue weighted by molar-refractivity contribution is -0.121. The van der Waals surface area contributed by atoms with E-state index in [-0.39, 0.29) is 11.9 Å². The Morgan fingerprint density at radius 1 is 1.43 bits per heavy atom. The van der Waals surface area contributed by atoms with Crippen LogP contribution in [0.15, 0.2) is 12.4 Å². The first-order valence-corrected chi connectivity index (χ1v) is 4.40. The molecule has 1 aromatic heterocycles. The van der Waals surface area contributed by atoms with Crippen LogP contribution in [0.1, 0.15) is 12.5 Å². The smallest absolute Gasteiger partial charge is 0.242 e. The van der Waals surface area contributed by atoms with Gasteiger partial charge >= 0.3 is 0 Å². The SMILES string of the molecule is CNC(=O)[C@H](C)Nc1ncc(C)cn1. The normalized spacial score (nSPS) is 11.9.